The second kappa shape index (κ2) is 7.52. The van der Waals surface area contributed by atoms with Crippen molar-refractivity contribution in [1.29, 1.82) is 0 Å². The molecule has 1 aliphatic rings. The lowest BCUT2D eigenvalue weighted by Gasteiger charge is -2.28. The quantitative estimate of drug-likeness (QED) is 0.888. The highest BCUT2D eigenvalue weighted by Crippen LogP contribution is 2.25. The van der Waals surface area contributed by atoms with E-state index in [9.17, 15) is 0 Å². The van der Waals surface area contributed by atoms with Gasteiger partial charge < -0.3 is 10.2 Å². The molecule has 1 aromatic carbocycles. The fraction of sp³-hybridized carbons (Fsp3) is 0.421. The summed E-state index contributed by atoms with van der Waals surface area (Å²) in [6.45, 7) is 3.32. The number of hydrogen-bond acceptors (Lipinski definition) is 3. The number of nitrogens with one attached hydrogen (secondary N) is 1. The van der Waals surface area contributed by atoms with Crippen LogP contribution in [0.4, 0.5) is 0 Å². The molecule has 0 fully saturated rings. The highest BCUT2D eigenvalue weighted by atomic mass is 15.1. The lowest BCUT2D eigenvalue weighted by molar-refractivity contribution is 0.307. The van der Waals surface area contributed by atoms with Gasteiger partial charge in [0.2, 0.25) is 0 Å². The first kappa shape index (κ1) is 15.2. The molecular weight excluding hydrogens is 270 g/mol. The van der Waals surface area contributed by atoms with Gasteiger partial charge in [-0.3, -0.25) is 4.98 Å². The SMILES string of the molecule is CN(CCc1ccncc1)CCC1NCCc2ccccc21. The van der Waals surface area contributed by atoms with Gasteiger partial charge in [-0.25, -0.2) is 0 Å². The van der Waals surface area contributed by atoms with E-state index in [1.54, 1.807) is 0 Å². The zero-order valence-corrected chi connectivity index (χ0v) is 13.3. The molecule has 116 valence electrons. The molecule has 0 radical (unpaired) electrons. The summed E-state index contributed by atoms with van der Waals surface area (Å²) in [6, 6.07) is 13.6. The summed E-state index contributed by atoms with van der Waals surface area (Å²) >= 11 is 0. The zero-order valence-electron chi connectivity index (χ0n) is 13.3. The van der Waals surface area contributed by atoms with Crippen LogP contribution in [0.5, 0.6) is 0 Å². The van der Waals surface area contributed by atoms with E-state index in [2.05, 4.69) is 58.6 Å². The van der Waals surface area contributed by atoms with Crippen molar-refractivity contribution in [2.24, 2.45) is 0 Å². The molecule has 1 aromatic heterocycles. The second-order valence-corrected chi connectivity index (χ2v) is 6.15. The van der Waals surface area contributed by atoms with Gasteiger partial charge in [0.1, 0.15) is 0 Å². The second-order valence-electron chi connectivity index (χ2n) is 6.15. The molecule has 0 saturated carbocycles. The third kappa shape index (κ3) is 3.93. The standard InChI is InChI=1S/C19H25N3/c1-22(14-9-16-6-11-20-12-7-16)15-10-19-18-5-3-2-4-17(18)8-13-21-19/h2-7,11-12,19,21H,8-10,13-15H2,1H3. The fourth-order valence-corrected chi connectivity index (χ4v) is 3.18. The number of pyridine rings is 1. The third-order valence-corrected chi connectivity index (χ3v) is 4.55. The van der Waals surface area contributed by atoms with Crippen LogP contribution in [0.1, 0.15) is 29.2 Å². The molecule has 1 unspecified atom stereocenters. The molecule has 1 aliphatic heterocycles. The van der Waals surface area contributed by atoms with E-state index in [0.717, 1.165) is 32.5 Å². The molecule has 3 nitrogen and oxygen atoms in total. The highest BCUT2D eigenvalue weighted by Gasteiger charge is 2.18. The Kier molecular flexibility index (Phi) is 5.20. The molecule has 3 rings (SSSR count). The van der Waals surface area contributed by atoms with E-state index in [4.69, 9.17) is 0 Å². The van der Waals surface area contributed by atoms with Crippen LogP contribution in [0.15, 0.2) is 48.8 Å². The summed E-state index contributed by atoms with van der Waals surface area (Å²) in [4.78, 5) is 6.50. The van der Waals surface area contributed by atoms with Crippen molar-refractivity contribution in [3.63, 3.8) is 0 Å². The van der Waals surface area contributed by atoms with Crippen LogP contribution in [0.25, 0.3) is 0 Å². The lowest BCUT2D eigenvalue weighted by atomic mass is 9.92. The van der Waals surface area contributed by atoms with Gasteiger partial charge >= 0.3 is 0 Å². The first-order chi connectivity index (χ1) is 10.8. The topological polar surface area (TPSA) is 28.2 Å². The van der Waals surface area contributed by atoms with Gasteiger partial charge in [0.15, 0.2) is 0 Å². The summed E-state index contributed by atoms with van der Waals surface area (Å²) in [5.41, 5.74) is 4.38. The molecule has 0 amide bonds. The van der Waals surface area contributed by atoms with Crippen LogP contribution in [-0.4, -0.2) is 36.6 Å². The predicted octanol–water partition coefficient (Wildman–Crippen LogP) is 2.83. The van der Waals surface area contributed by atoms with E-state index in [1.807, 2.05) is 12.4 Å². The smallest absolute Gasteiger partial charge is 0.0335 e. The average Bonchev–Trinajstić information content (AvgIpc) is 2.59. The Balaban J connectivity index is 1.48. The largest absolute Gasteiger partial charge is 0.310 e. The predicted molar refractivity (Wildman–Crippen MR) is 90.9 cm³/mol. The molecule has 0 spiro atoms. The molecule has 0 bridgehead atoms. The van der Waals surface area contributed by atoms with Gasteiger partial charge in [0, 0.05) is 25.0 Å². The summed E-state index contributed by atoms with van der Waals surface area (Å²) in [7, 11) is 2.22. The van der Waals surface area contributed by atoms with Crippen LogP contribution in [0.3, 0.4) is 0 Å². The highest BCUT2D eigenvalue weighted by molar-refractivity contribution is 5.32. The van der Waals surface area contributed by atoms with Crippen molar-refractivity contribution in [1.82, 2.24) is 15.2 Å². The van der Waals surface area contributed by atoms with Gasteiger partial charge in [-0.15, -0.1) is 0 Å². The number of rotatable bonds is 6. The Bertz CT molecular complexity index is 582. The third-order valence-electron chi connectivity index (χ3n) is 4.55. The van der Waals surface area contributed by atoms with E-state index >= 15 is 0 Å². The van der Waals surface area contributed by atoms with Crippen LogP contribution < -0.4 is 5.32 Å². The van der Waals surface area contributed by atoms with Gasteiger partial charge in [-0.1, -0.05) is 24.3 Å². The number of nitrogens with zero attached hydrogens (tertiary/aromatic N) is 2. The van der Waals surface area contributed by atoms with Crippen LogP contribution in [0.2, 0.25) is 0 Å². The Morgan fingerprint density at radius 2 is 1.95 bits per heavy atom. The minimum absolute atomic E-state index is 0.508. The minimum Gasteiger partial charge on any atom is -0.310 e. The van der Waals surface area contributed by atoms with E-state index in [0.29, 0.717) is 6.04 Å². The van der Waals surface area contributed by atoms with E-state index < -0.39 is 0 Å². The van der Waals surface area contributed by atoms with Gasteiger partial charge in [0.25, 0.3) is 0 Å². The molecule has 2 heterocycles. The average molecular weight is 295 g/mol. The van der Waals surface area contributed by atoms with Gasteiger partial charge in [0.05, 0.1) is 0 Å². The van der Waals surface area contributed by atoms with Crippen molar-refractivity contribution in [2.45, 2.75) is 25.3 Å². The number of fused-ring (bicyclic) bond motifs is 1. The van der Waals surface area contributed by atoms with Crippen molar-refractivity contribution in [3.05, 3.63) is 65.5 Å². The first-order valence-corrected chi connectivity index (χ1v) is 8.21. The van der Waals surface area contributed by atoms with Crippen LogP contribution >= 0.6 is 0 Å². The molecule has 3 heteroatoms. The van der Waals surface area contributed by atoms with Gasteiger partial charge in [-0.2, -0.15) is 0 Å². The molecule has 0 aliphatic carbocycles. The van der Waals surface area contributed by atoms with Crippen LogP contribution in [-0.2, 0) is 12.8 Å². The lowest BCUT2D eigenvalue weighted by Crippen LogP contribution is -2.33. The fourth-order valence-electron chi connectivity index (χ4n) is 3.18. The summed E-state index contributed by atoms with van der Waals surface area (Å²) in [5, 5.41) is 3.67. The molecule has 2 aromatic rings. The molecule has 1 atom stereocenters. The van der Waals surface area contributed by atoms with Crippen molar-refractivity contribution >= 4 is 0 Å². The molecule has 0 saturated heterocycles. The maximum atomic E-state index is 4.07. The summed E-state index contributed by atoms with van der Waals surface area (Å²) in [6.07, 6.45) is 7.17. The van der Waals surface area contributed by atoms with Crippen molar-refractivity contribution < 1.29 is 0 Å². The molecular formula is C19H25N3. The maximum Gasteiger partial charge on any atom is 0.0335 e. The van der Waals surface area contributed by atoms with E-state index in [-0.39, 0.29) is 0 Å². The van der Waals surface area contributed by atoms with Crippen LogP contribution in [0, 0.1) is 0 Å². The molecule has 22 heavy (non-hydrogen) atoms. The number of hydrogen-bond donors (Lipinski definition) is 1. The number of aromatic nitrogens is 1. The van der Waals surface area contributed by atoms with E-state index in [1.165, 1.54) is 23.1 Å². The number of likely N-dealkylation sites (N-methyl/N-ethyl adjacent to an activating group) is 1. The normalized spacial score (nSPS) is 17.5. The Labute approximate surface area is 133 Å². The minimum atomic E-state index is 0.508. The molecule has 1 N–H and O–H groups in total. The Morgan fingerprint density at radius 3 is 2.82 bits per heavy atom. The van der Waals surface area contributed by atoms with Gasteiger partial charge in [-0.05, 0) is 68.2 Å². The number of benzene rings is 1. The van der Waals surface area contributed by atoms with Crippen molar-refractivity contribution in [2.75, 3.05) is 26.7 Å². The van der Waals surface area contributed by atoms with Crippen molar-refractivity contribution in [3.8, 4) is 0 Å². The Hall–Kier alpha value is -1.71. The summed E-state index contributed by atoms with van der Waals surface area (Å²) < 4.78 is 0. The monoisotopic (exact) mass is 295 g/mol. The first-order valence-electron chi connectivity index (χ1n) is 8.21. The zero-order chi connectivity index (χ0) is 15.2. The maximum absolute atomic E-state index is 4.07. The Morgan fingerprint density at radius 1 is 1.14 bits per heavy atom. The summed E-state index contributed by atoms with van der Waals surface area (Å²) in [5.74, 6) is 0.